The molecule has 3 rings (SSSR count). The minimum Gasteiger partial charge on any atom is -0.451 e. The predicted octanol–water partition coefficient (Wildman–Crippen LogP) is 3.40. The van der Waals surface area contributed by atoms with Gasteiger partial charge in [-0.05, 0) is 61.4 Å². The average Bonchev–Trinajstić information content (AvgIpc) is 3.27. The smallest absolute Gasteiger partial charge is 0.287 e. The molecule has 0 spiro atoms. The molecule has 1 aromatic carbocycles. The minimum atomic E-state index is -0.660. The maximum Gasteiger partial charge on any atom is 0.287 e. The first-order chi connectivity index (χ1) is 15.3. The molecule has 3 aromatic rings. The summed E-state index contributed by atoms with van der Waals surface area (Å²) >= 11 is 0. The van der Waals surface area contributed by atoms with E-state index in [-0.39, 0.29) is 23.5 Å². The van der Waals surface area contributed by atoms with Crippen LogP contribution in [0.2, 0.25) is 0 Å². The Morgan fingerprint density at radius 3 is 2.28 bits per heavy atom. The molecule has 0 fully saturated rings. The van der Waals surface area contributed by atoms with Gasteiger partial charge in [-0.15, -0.1) is 0 Å². The Bertz CT molecular complexity index is 1120. The normalized spacial score (nSPS) is 11.7. The third kappa shape index (κ3) is 5.40. The minimum absolute atomic E-state index is 0.0777. The van der Waals surface area contributed by atoms with Crippen LogP contribution in [0, 0.1) is 12.8 Å². The molecule has 2 heterocycles. The molecule has 0 saturated carbocycles. The van der Waals surface area contributed by atoms with Gasteiger partial charge in [0, 0.05) is 24.0 Å². The molecule has 8 heteroatoms. The summed E-state index contributed by atoms with van der Waals surface area (Å²) in [5.74, 6) is -0.501. The van der Waals surface area contributed by atoms with E-state index in [0.29, 0.717) is 17.1 Å². The van der Waals surface area contributed by atoms with Crippen LogP contribution in [0.25, 0.3) is 11.3 Å². The van der Waals surface area contributed by atoms with E-state index in [2.05, 4.69) is 20.9 Å². The van der Waals surface area contributed by atoms with Crippen LogP contribution >= 0.6 is 0 Å². The molecule has 0 saturated heterocycles. The topological polar surface area (TPSA) is 113 Å². The van der Waals surface area contributed by atoms with E-state index in [1.54, 1.807) is 48.5 Å². The number of rotatable bonds is 7. The summed E-state index contributed by atoms with van der Waals surface area (Å²) in [6.45, 7) is 5.53. The second kappa shape index (κ2) is 9.91. The highest BCUT2D eigenvalue weighted by Crippen LogP contribution is 2.24. The third-order valence-electron chi connectivity index (χ3n) is 4.86. The number of hydrogen-bond donors (Lipinski definition) is 3. The molecular weight excluding hydrogens is 408 g/mol. The fourth-order valence-corrected chi connectivity index (χ4v) is 3.10. The number of anilines is 1. The maximum absolute atomic E-state index is 12.5. The lowest BCUT2D eigenvalue weighted by molar-refractivity contribution is -0.123. The van der Waals surface area contributed by atoms with Gasteiger partial charge in [0.25, 0.3) is 11.8 Å². The molecule has 8 nitrogen and oxygen atoms in total. The summed E-state index contributed by atoms with van der Waals surface area (Å²) in [6.07, 6.45) is 0. The van der Waals surface area contributed by atoms with Gasteiger partial charge in [0.15, 0.2) is 5.76 Å². The molecule has 0 unspecified atom stereocenters. The lowest BCUT2D eigenvalue weighted by Gasteiger charge is -2.19. The van der Waals surface area contributed by atoms with E-state index < -0.39 is 11.9 Å². The molecule has 3 amide bonds. The maximum atomic E-state index is 12.5. The summed E-state index contributed by atoms with van der Waals surface area (Å²) in [5.41, 5.74) is 2.45. The van der Waals surface area contributed by atoms with Crippen molar-refractivity contribution >= 4 is 23.4 Å². The number of furan rings is 1. The van der Waals surface area contributed by atoms with Crippen molar-refractivity contribution in [1.29, 1.82) is 0 Å². The summed E-state index contributed by atoms with van der Waals surface area (Å²) in [5, 5.41) is 8.05. The van der Waals surface area contributed by atoms with Gasteiger partial charge in [-0.3, -0.25) is 14.4 Å². The molecule has 32 heavy (non-hydrogen) atoms. The quantitative estimate of drug-likeness (QED) is 0.527. The van der Waals surface area contributed by atoms with Gasteiger partial charge in [-0.25, -0.2) is 4.98 Å². The Morgan fingerprint density at radius 1 is 0.938 bits per heavy atom. The number of aromatic nitrogens is 1. The highest BCUT2D eigenvalue weighted by molar-refractivity contribution is 6.03. The van der Waals surface area contributed by atoms with Gasteiger partial charge >= 0.3 is 0 Å². The molecule has 2 aromatic heterocycles. The van der Waals surface area contributed by atoms with E-state index >= 15 is 0 Å². The SMILES string of the molecule is CNC(=O)[C@@H](NC(=O)c1ccc(-c2ccc(NC(=O)c3cccc(C)n3)cc2)o1)C(C)C. The van der Waals surface area contributed by atoms with Crippen LogP contribution in [0.3, 0.4) is 0 Å². The number of aryl methyl sites for hydroxylation is 1. The van der Waals surface area contributed by atoms with Crippen LogP contribution in [0.4, 0.5) is 5.69 Å². The zero-order chi connectivity index (χ0) is 23.3. The standard InChI is InChI=1S/C24H26N4O4/c1-14(2)21(24(31)25-4)28-23(30)20-13-12-19(32-20)16-8-10-17(11-9-16)27-22(29)18-7-5-6-15(3)26-18/h5-14,21H,1-4H3,(H,25,31)(H,27,29)(H,28,30)/t21-/m0/s1. The summed E-state index contributed by atoms with van der Waals surface area (Å²) in [4.78, 5) is 41.0. The van der Waals surface area contributed by atoms with E-state index in [1.807, 2.05) is 26.8 Å². The van der Waals surface area contributed by atoms with Crippen molar-refractivity contribution in [2.75, 3.05) is 12.4 Å². The molecule has 1 atom stereocenters. The zero-order valence-corrected chi connectivity index (χ0v) is 18.4. The van der Waals surface area contributed by atoms with Crippen molar-refractivity contribution in [2.45, 2.75) is 26.8 Å². The molecule has 0 bridgehead atoms. The number of carbonyl (C=O) groups is 3. The Kier molecular flexibility index (Phi) is 7.04. The average molecular weight is 434 g/mol. The predicted molar refractivity (Wildman–Crippen MR) is 121 cm³/mol. The number of likely N-dealkylation sites (N-methyl/N-ethyl adjacent to an activating group) is 1. The van der Waals surface area contributed by atoms with Crippen molar-refractivity contribution in [2.24, 2.45) is 5.92 Å². The molecule has 0 radical (unpaired) electrons. The monoisotopic (exact) mass is 434 g/mol. The van der Waals surface area contributed by atoms with Crippen LogP contribution < -0.4 is 16.0 Å². The zero-order valence-electron chi connectivity index (χ0n) is 18.4. The molecule has 166 valence electrons. The number of pyridine rings is 1. The fraction of sp³-hybridized carbons (Fsp3) is 0.250. The Morgan fingerprint density at radius 2 is 1.66 bits per heavy atom. The number of benzene rings is 1. The van der Waals surface area contributed by atoms with Crippen molar-refractivity contribution in [3.63, 3.8) is 0 Å². The second-order valence-electron chi connectivity index (χ2n) is 7.67. The molecule has 0 aliphatic rings. The molecule has 3 N–H and O–H groups in total. The second-order valence-corrected chi connectivity index (χ2v) is 7.67. The van der Waals surface area contributed by atoms with Crippen LogP contribution in [0.5, 0.6) is 0 Å². The Hall–Kier alpha value is -3.94. The van der Waals surface area contributed by atoms with Gasteiger partial charge < -0.3 is 20.4 Å². The lowest BCUT2D eigenvalue weighted by Crippen LogP contribution is -2.48. The van der Waals surface area contributed by atoms with Gasteiger partial charge in [-0.2, -0.15) is 0 Å². The highest BCUT2D eigenvalue weighted by atomic mass is 16.4. The van der Waals surface area contributed by atoms with Crippen molar-refractivity contribution in [3.8, 4) is 11.3 Å². The van der Waals surface area contributed by atoms with E-state index in [4.69, 9.17) is 4.42 Å². The fourth-order valence-electron chi connectivity index (χ4n) is 3.10. The Balaban J connectivity index is 1.67. The van der Waals surface area contributed by atoms with E-state index in [9.17, 15) is 14.4 Å². The first-order valence-corrected chi connectivity index (χ1v) is 10.3. The number of hydrogen-bond acceptors (Lipinski definition) is 5. The van der Waals surface area contributed by atoms with Gasteiger partial charge in [-0.1, -0.05) is 19.9 Å². The molecule has 0 aliphatic heterocycles. The number of nitrogens with zero attached hydrogens (tertiary/aromatic N) is 1. The van der Waals surface area contributed by atoms with Crippen molar-refractivity contribution < 1.29 is 18.8 Å². The van der Waals surface area contributed by atoms with Crippen LogP contribution in [0.15, 0.2) is 59.0 Å². The summed E-state index contributed by atoms with van der Waals surface area (Å²) < 4.78 is 5.69. The van der Waals surface area contributed by atoms with E-state index in [0.717, 1.165) is 11.3 Å². The number of amides is 3. The number of carbonyl (C=O) groups excluding carboxylic acids is 3. The van der Waals surface area contributed by atoms with Gasteiger partial charge in [0.2, 0.25) is 5.91 Å². The molecule has 0 aliphatic carbocycles. The lowest BCUT2D eigenvalue weighted by atomic mass is 10.0. The molecular formula is C24H26N4O4. The van der Waals surface area contributed by atoms with Gasteiger partial charge in [0.05, 0.1) is 0 Å². The van der Waals surface area contributed by atoms with Crippen molar-refractivity contribution in [3.05, 3.63) is 71.7 Å². The van der Waals surface area contributed by atoms with Crippen molar-refractivity contribution in [1.82, 2.24) is 15.6 Å². The first-order valence-electron chi connectivity index (χ1n) is 10.3. The Labute approximate surface area is 186 Å². The number of nitrogens with one attached hydrogen (secondary N) is 3. The highest BCUT2D eigenvalue weighted by Gasteiger charge is 2.25. The van der Waals surface area contributed by atoms with Crippen LogP contribution in [-0.2, 0) is 4.79 Å². The third-order valence-corrected chi connectivity index (χ3v) is 4.86. The largest absolute Gasteiger partial charge is 0.451 e. The van der Waals surface area contributed by atoms with E-state index in [1.165, 1.54) is 7.05 Å². The van der Waals surface area contributed by atoms with Crippen LogP contribution in [-0.4, -0.2) is 35.8 Å². The van der Waals surface area contributed by atoms with Crippen LogP contribution in [0.1, 0.15) is 40.6 Å². The van der Waals surface area contributed by atoms with Gasteiger partial charge in [0.1, 0.15) is 17.5 Å². The summed E-state index contributed by atoms with van der Waals surface area (Å²) in [6, 6.07) is 14.9. The first kappa shape index (κ1) is 22.7. The summed E-state index contributed by atoms with van der Waals surface area (Å²) in [7, 11) is 1.53.